The van der Waals surface area contributed by atoms with E-state index in [-0.39, 0.29) is 0 Å². The van der Waals surface area contributed by atoms with Crippen LogP contribution in [0.5, 0.6) is 5.75 Å². The third kappa shape index (κ3) is 1.58. The van der Waals surface area contributed by atoms with Gasteiger partial charge in [0, 0.05) is 0 Å². The molecule has 80 valence electrons. The number of hydrogen-bond acceptors (Lipinski definition) is 2. The maximum Gasteiger partial charge on any atom is 0.142 e. The van der Waals surface area contributed by atoms with Crippen LogP contribution in [0.2, 0.25) is 0 Å². The number of anilines is 1. The molecule has 1 N–H and O–H groups in total. The summed E-state index contributed by atoms with van der Waals surface area (Å²) in [5.41, 5.74) is 2.47. The van der Waals surface area contributed by atoms with Crippen LogP contribution in [0.15, 0.2) is 18.2 Å². The number of benzene rings is 1. The predicted octanol–water partition coefficient (Wildman–Crippen LogP) is 3.11. The highest BCUT2D eigenvalue weighted by Crippen LogP contribution is 2.36. The maximum atomic E-state index is 6.03. The van der Waals surface area contributed by atoms with Gasteiger partial charge in [-0.1, -0.05) is 12.5 Å². The molecule has 0 bridgehead atoms. The largest absolute Gasteiger partial charge is 0.486 e. The molecule has 0 amide bonds. The Bertz CT molecular complexity index is 375. The van der Waals surface area contributed by atoms with E-state index in [9.17, 15) is 0 Å². The van der Waals surface area contributed by atoms with E-state index in [0.717, 1.165) is 5.75 Å². The van der Waals surface area contributed by atoms with Crippen LogP contribution < -0.4 is 10.1 Å². The van der Waals surface area contributed by atoms with Gasteiger partial charge in [0.15, 0.2) is 0 Å². The summed E-state index contributed by atoms with van der Waals surface area (Å²) >= 11 is 0. The Morgan fingerprint density at radius 3 is 3.07 bits per heavy atom. The van der Waals surface area contributed by atoms with E-state index in [2.05, 4.69) is 30.4 Å². The highest BCUT2D eigenvalue weighted by atomic mass is 16.5. The van der Waals surface area contributed by atoms with E-state index in [1.54, 1.807) is 0 Å². The fourth-order valence-electron chi connectivity index (χ4n) is 2.63. The zero-order chi connectivity index (χ0) is 10.3. The number of rotatable bonds is 0. The second-order valence-electron chi connectivity index (χ2n) is 4.69. The molecule has 2 nitrogen and oxygen atoms in total. The van der Waals surface area contributed by atoms with Crippen LogP contribution in [0.4, 0.5) is 5.69 Å². The Hall–Kier alpha value is -1.18. The van der Waals surface area contributed by atoms with E-state index in [4.69, 9.17) is 4.74 Å². The standard InChI is InChI=1S/C13H17NO/c1-9-6-7-13-11(8-9)14-10-4-2-3-5-12(10)15-13/h6-8,10,12,14H,2-5H2,1H3. The molecule has 1 fully saturated rings. The summed E-state index contributed by atoms with van der Waals surface area (Å²) in [4.78, 5) is 0. The molecule has 0 radical (unpaired) electrons. The van der Waals surface area contributed by atoms with Crippen LogP contribution in [0.1, 0.15) is 31.2 Å². The van der Waals surface area contributed by atoms with Crippen molar-refractivity contribution >= 4 is 5.69 Å². The molecule has 2 unspecified atom stereocenters. The van der Waals surface area contributed by atoms with Crippen molar-refractivity contribution in [2.75, 3.05) is 5.32 Å². The molecular formula is C13H17NO. The number of hydrogen-bond donors (Lipinski definition) is 1. The lowest BCUT2D eigenvalue weighted by atomic mass is 9.91. The number of fused-ring (bicyclic) bond motifs is 2. The van der Waals surface area contributed by atoms with Crippen LogP contribution in [0, 0.1) is 6.92 Å². The second kappa shape index (κ2) is 3.44. The van der Waals surface area contributed by atoms with Crippen molar-refractivity contribution in [1.29, 1.82) is 0 Å². The Morgan fingerprint density at radius 2 is 2.13 bits per heavy atom. The van der Waals surface area contributed by atoms with Gasteiger partial charge >= 0.3 is 0 Å². The van der Waals surface area contributed by atoms with Crippen LogP contribution in [-0.4, -0.2) is 12.1 Å². The molecule has 2 atom stereocenters. The first-order valence-electron chi connectivity index (χ1n) is 5.87. The first-order valence-corrected chi connectivity index (χ1v) is 5.87. The fraction of sp³-hybridized carbons (Fsp3) is 0.538. The number of nitrogens with one attached hydrogen (secondary N) is 1. The monoisotopic (exact) mass is 203 g/mol. The van der Waals surface area contributed by atoms with Crippen molar-refractivity contribution in [2.24, 2.45) is 0 Å². The van der Waals surface area contributed by atoms with Crippen molar-refractivity contribution in [3.63, 3.8) is 0 Å². The number of ether oxygens (including phenoxy) is 1. The summed E-state index contributed by atoms with van der Waals surface area (Å²) in [6.07, 6.45) is 5.49. The molecule has 1 aromatic carbocycles. The van der Waals surface area contributed by atoms with Gasteiger partial charge in [0.1, 0.15) is 11.9 Å². The third-order valence-electron chi connectivity index (χ3n) is 3.46. The molecule has 1 heterocycles. The highest BCUT2D eigenvalue weighted by molar-refractivity contribution is 5.60. The first-order chi connectivity index (χ1) is 7.33. The van der Waals surface area contributed by atoms with E-state index < -0.39 is 0 Å². The molecule has 2 heteroatoms. The van der Waals surface area contributed by atoms with Crippen molar-refractivity contribution < 1.29 is 4.74 Å². The molecular weight excluding hydrogens is 186 g/mol. The molecule has 1 aliphatic carbocycles. The minimum absolute atomic E-state index is 0.397. The van der Waals surface area contributed by atoms with Crippen LogP contribution in [0.25, 0.3) is 0 Å². The maximum absolute atomic E-state index is 6.03. The van der Waals surface area contributed by atoms with Crippen molar-refractivity contribution in [3.05, 3.63) is 23.8 Å². The Balaban J connectivity index is 1.92. The minimum Gasteiger partial charge on any atom is -0.486 e. The third-order valence-corrected chi connectivity index (χ3v) is 3.46. The second-order valence-corrected chi connectivity index (χ2v) is 4.69. The Morgan fingerprint density at radius 1 is 1.27 bits per heavy atom. The van der Waals surface area contributed by atoms with E-state index in [1.807, 2.05) is 0 Å². The topological polar surface area (TPSA) is 21.3 Å². The van der Waals surface area contributed by atoms with Gasteiger partial charge in [-0.3, -0.25) is 0 Å². The SMILES string of the molecule is Cc1ccc2c(c1)NC1CCCCC1O2. The number of aryl methyl sites for hydroxylation is 1. The smallest absolute Gasteiger partial charge is 0.142 e. The zero-order valence-corrected chi connectivity index (χ0v) is 9.12. The highest BCUT2D eigenvalue weighted by Gasteiger charge is 2.31. The van der Waals surface area contributed by atoms with Gasteiger partial charge in [-0.25, -0.2) is 0 Å². The quantitative estimate of drug-likeness (QED) is 0.699. The molecule has 0 saturated heterocycles. The van der Waals surface area contributed by atoms with Gasteiger partial charge in [-0.2, -0.15) is 0 Å². The van der Waals surface area contributed by atoms with Gasteiger partial charge in [0.25, 0.3) is 0 Å². The summed E-state index contributed by atoms with van der Waals surface area (Å²) < 4.78 is 6.03. The van der Waals surface area contributed by atoms with Gasteiger partial charge in [-0.15, -0.1) is 0 Å². The van der Waals surface area contributed by atoms with E-state index >= 15 is 0 Å². The average molecular weight is 203 g/mol. The Kier molecular flexibility index (Phi) is 2.08. The van der Waals surface area contributed by atoms with Crippen molar-refractivity contribution in [3.8, 4) is 5.75 Å². The van der Waals surface area contributed by atoms with Gasteiger partial charge in [-0.05, 0) is 43.9 Å². The summed E-state index contributed by atoms with van der Waals surface area (Å²) in [5, 5.41) is 3.61. The van der Waals surface area contributed by atoms with Crippen molar-refractivity contribution in [2.45, 2.75) is 44.8 Å². The summed E-state index contributed by atoms with van der Waals surface area (Å²) in [7, 11) is 0. The molecule has 15 heavy (non-hydrogen) atoms. The Labute approximate surface area is 90.6 Å². The molecule has 0 spiro atoms. The summed E-state index contributed by atoms with van der Waals surface area (Å²) in [5.74, 6) is 1.03. The van der Waals surface area contributed by atoms with E-state index in [1.165, 1.54) is 36.9 Å². The minimum atomic E-state index is 0.397. The van der Waals surface area contributed by atoms with Crippen molar-refractivity contribution in [1.82, 2.24) is 0 Å². The lowest BCUT2D eigenvalue weighted by Crippen LogP contribution is -2.43. The zero-order valence-electron chi connectivity index (χ0n) is 9.12. The molecule has 1 aromatic rings. The lowest BCUT2D eigenvalue weighted by Gasteiger charge is -2.38. The normalized spacial score (nSPS) is 28.3. The van der Waals surface area contributed by atoms with Gasteiger partial charge < -0.3 is 10.1 Å². The van der Waals surface area contributed by atoms with Crippen LogP contribution in [0.3, 0.4) is 0 Å². The fourth-order valence-corrected chi connectivity index (χ4v) is 2.63. The van der Waals surface area contributed by atoms with Gasteiger partial charge in [0.2, 0.25) is 0 Å². The molecule has 2 aliphatic rings. The molecule has 1 saturated carbocycles. The predicted molar refractivity (Wildman–Crippen MR) is 61.5 cm³/mol. The molecule has 0 aromatic heterocycles. The average Bonchev–Trinajstić information content (AvgIpc) is 2.26. The van der Waals surface area contributed by atoms with E-state index in [0.29, 0.717) is 12.1 Å². The summed E-state index contributed by atoms with van der Waals surface area (Å²) in [6, 6.07) is 6.92. The first kappa shape index (κ1) is 9.08. The summed E-state index contributed by atoms with van der Waals surface area (Å²) in [6.45, 7) is 2.12. The molecule has 3 rings (SSSR count). The van der Waals surface area contributed by atoms with Crippen LogP contribution in [-0.2, 0) is 0 Å². The van der Waals surface area contributed by atoms with Gasteiger partial charge in [0.05, 0.1) is 11.7 Å². The molecule has 1 aliphatic heterocycles. The lowest BCUT2D eigenvalue weighted by molar-refractivity contribution is 0.131. The van der Waals surface area contributed by atoms with Crippen LogP contribution >= 0.6 is 0 Å².